The molecule has 2 rings (SSSR count). The second-order valence-electron chi connectivity index (χ2n) is 4.88. The van der Waals surface area contributed by atoms with Crippen LogP contribution in [0.5, 0.6) is 0 Å². The molecule has 4 nitrogen and oxygen atoms in total. The molecular weight excluding hydrogens is 314 g/mol. The molecule has 0 spiro atoms. The van der Waals surface area contributed by atoms with Crippen LogP contribution in [-0.4, -0.2) is 36.8 Å². The van der Waals surface area contributed by atoms with Crippen molar-refractivity contribution < 1.29 is 13.2 Å². The Labute approximate surface area is 128 Å². The molecule has 7 heteroatoms. The molecule has 1 aliphatic rings. The van der Waals surface area contributed by atoms with E-state index in [0.717, 1.165) is 11.3 Å². The summed E-state index contributed by atoms with van der Waals surface area (Å²) in [4.78, 5) is 13.1. The van der Waals surface area contributed by atoms with Gasteiger partial charge in [-0.15, -0.1) is 23.1 Å². The van der Waals surface area contributed by atoms with E-state index < -0.39 is 9.84 Å². The van der Waals surface area contributed by atoms with E-state index in [1.165, 1.54) is 11.8 Å². The SMILES string of the molecule is CC[C@H](NC(=O)CS[C@@H]1CCS(=O)(=O)C1)c1cccs1. The zero-order valence-corrected chi connectivity index (χ0v) is 13.8. The number of hydrogen-bond acceptors (Lipinski definition) is 5. The van der Waals surface area contributed by atoms with Crippen LogP contribution in [0.1, 0.15) is 30.7 Å². The average Bonchev–Trinajstić information content (AvgIpc) is 3.03. The van der Waals surface area contributed by atoms with Gasteiger partial charge in [0.2, 0.25) is 5.91 Å². The first-order valence-corrected chi connectivity index (χ1v) is 10.4. The van der Waals surface area contributed by atoms with E-state index in [0.29, 0.717) is 12.2 Å². The van der Waals surface area contributed by atoms with Crippen LogP contribution in [0, 0.1) is 0 Å². The zero-order chi connectivity index (χ0) is 14.6. The summed E-state index contributed by atoms with van der Waals surface area (Å²) in [5, 5.41) is 5.09. The first-order valence-electron chi connectivity index (χ1n) is 6.65. The third kappa shape index (κ3) is 4.49. The van der Waals surface area contributed by atoms with Gasteiger partial charge in [-0.05, 0) is 24.3 Å². The smallest absolute Gasteiger partial charge is 0.230 e. The van der Waals surface area contributed by atoms with Crippen LogP contribution in [0.15, 0.2) is 17.5 Å². The third-order valence-corrected chi connectivity index (χ3v) is 7.54. The molecule has 1 saturated heterocycles. The molecule has 2 atom stereocenters. The summed E-state index contributed by atoms with van der Waals surface area (Å²) in [6, 6.07) is 4.07. The van der Waals surface area contributed by atoms with Gasteiger partial charge in [0.1, 0.15) is 0 Å². The molecule has 0 aliphatic carbocycles. The van der Waals surface area contributed by atoms with Gasteiger partial charge in [0, 0.05) is 10.1 Å². The number of thiophene rings is 1. The van der Waals surface area contributed by atoms with Crippen molar-refractivity contribution in [3.05, 3.63) is 22.4 Å². The quantitative estimate of drug-likeness (QED) is 0.867. The molecule has 1 aromatic rings. The molecule has 112 valence electrons. The Morgan fingerprint density at radius 3 is 2.95 bits per heavy atom. The Bertz CT molecular complexity index is 539. The van der Waals surface area contributed by atoms with Gasteiger partial charge < -0.3 is 5.32 Å². The maximum absolute atomic E-state index is 11.9. The second-order valence-corrected chi connectivity index (χ2v) is 9.38. The van der Waals surface area contributed by atoms with Crippen molar-refractivity contribution >= 4 is 38.8 Å². The lowest BCUT2D eigenvalue weighted by Gasteiger charge is -2.16. The van der Waals surface area contributed by atoms with Crippen molar-refractivity contribution in [2.24, 2.45) is 0 Å². The van der Waals surface area contributed by atoms with Crippen LogP contribution < -0.4 is 5.32 Å². The molecule has 0 radical (unpaired) electrons. The Balaban J connectivity index is 1.78. The summed E-state index contributed by atoms with van der Waals surface area (Å²) in [5.74, 6) is 0.799. The Morgan fingerprint density at radius 1 is 1.60 bits per heavy atom. The summed E-state index contributed by atoms with van der Waals surface area (Å²) in [6.07, 6.45) is 1.52. The Hall–Kier alpha value is -0.530. The van der Waals surface area contributed by atoms with Gasteiger partial charge in [-0.1, -0.05) is 13.0 Å². The van der Waals surface area contributed by atoms with Crippen LogP contribution in [0.25, 0.3) is 0 Å². The maximum atomic E-state index is 11.9. The van der Waals surface area contributed by atoms with Crippen molar-refractivity contribution in [3.63, 3.8) is 0 Å². The van der Waals surface area contributed by atoms with Crippen molar-refractivity contribution in [3.8, 4) is 0 Å². The first-order chi connectivity index (χ1) is 9.50. The van der Waals surface area contributed by atoms with E-state index in [1.807, 2.05) is 24.4 Å². The Morgan fingerprint density at radius 2 is 2.40 bits per heavy atom. The van der Waals surface area contributed by atoms with Crippen LogP contribution in [0.3, 0.4) is 0 Å². The number of carbonyl (C=O) groups is 1. The van der Waals surface area contributed by atoms with Crippen LogP contribution in [-0.2, 0) is 14.6 Å². The van der Waals surface area contributed by atoms with Gasteiger partial charge in [0.25, 0.3) is 0 Å². The van der Waals surface area contributed by atoms with Gasteiger partial charge >= 0.3 is 0 Å². The van der Waals surface area contributed by atoms with E-state index >= 15 is 0 Å². The van der Waals surface area contributed by atoms with Gasteiger partial charge in [-0.25, -0.2) is 8.42 Å². The fraction of sp³-hybridized carbons (Fsp3) is 0.615. The highest BCUT2D eigenvalue weighted by atomic mass is 32.2. The minimum atomic E-state index is -2.86. The summed E-state index contributed by atoms with van der Waals surface area (Å²) in [5.41, 5.74) is 0. The predicted octanol–water partition coefficient (Wildman–Crippen LogP) is 2.24. The fourth-order valence-electron chi connectivity index (χ4n) is 2.19. The van der Waals surface area contributed by atoms with Crippen molar-refractivity contribution in [1.29, 1.82) is 0 Å². The monoisotopic (exact) mass is 333 g/mol. The van der Waals surface area contributed by atoms with Crippen molar-refractivity contribution in [2.75, 3.05) is 17.3 Å². The minimum Gasteiger partial charge on any atom is -0.348 e. The molecule has 2 heterocycles. The number of amides is 1. The molecule has 0 bridgehead atoms. The van der Waals surface area contributed by atoms with Crippen LogP contribution in [0.4, 0.5) is 0 Å². The first kappa shape index (κ1) is 15.9. The summed E-state index contributed by atoms with van der Waals surface area (Å²) >= 11 is 3.10. The second kappa shape index (κ2) is 6.95. The van der Waals surface area contributed by atoms with Gasteiger partial charge in [-0.2, -0.15) is 0 Å². The molecule has 20 heavy (non-hydrogen) atoms. The number of thioether (sulfide) groups is 1. The van der Waals surface area contributed by atoms with Crippen LogP contribution in [0.2, 0.25) is 0 Å². The molecule has 1 fully saturated rings. The summed E-state index contributed by atoms with van der Waals surface area (Å²) in [6.45, 7) is 2.04. The largest absolute Gasteiger partial charge is 0.348 e. The van der Waals surface area contributed by atoms with E-state index in [1.54, 1.807) is 11.3 Å². The molecule has 1 amide bonds. The number of hydrogen-bond donors (Lipinski definition) is 1. The van der Waals surface area contributed by atoms with Crippen molar-refractivity contribution in [1.82, 2.24) is 5.32 Å². The number of carbonyl (C=O) groups excluding carboxylic acids is 1. The molecule has 1 aliphatic heterocycles. The molecule has 0 unspecified atom stereocenters. The molecule has 1 N–H and O–H groups in total. The maximum Gasteiger partial charge on any atom is 0.230 e. The Kier molecular flexibility index (Phi) is 5.51. The highest BCUT2D eigenvalue weighted by molar-refractivity contribution is 8.02. The molecular formula is C13H19NO3S3. The molecule has 0 saturated carbocycles. The zero-order valence-electron chi connectivity index (χ0n) is 11.4. The van der Waals surface area contributed by atoms with Gasteiger partial charge in [0.15, 0.2) is 9.84 Å². The van der Waals surface area contributed by atoms with E-state index in [4.69, 9.17) is 0 Å². The van der Waals surface area contributed by atoms with Crippen molar-refractivity contribution in [2.45, 2.75) is 31.1 Å². The third-order valence-electron chi connectivity index (χ3n) is 3.27. The normalized spacial score (nSPS) is 22.6. The minimum absolute atomic E-state index is 0.0143. The van der Waals surface area contributed by atoms with Gasteiger partial charge in [-0.3, -0.25) is 4.79 Å². The van der Waals surface area contributed by atoms with E-state index in [9.17, 15) is 13.2 Å². The highest BCUT2D eigenvalue weighted by Gasteiger charge is 2.28. The van der Waals surface area contributed by atoms with E-state index in [2.05, 4.69) is 5.32 Å². The predicted molar refractivity (Wildman–Crippen MR) is 85.0 cm³/mol. The number of nitrogens with one attached hydrogen (secondary N) is 1. The number of rotatable bonds is 6. The van der Waals surface area contributed by atoms with Gasteiger partial charge in [0.05, 0.1) is 23.3 Å². The van der Waals surface area contributed by atoms with E-state index in [-0.39, 0.29) is 28.7 Å². The summed E-state index contributed by atoms with van der Waals surface area (Å²) < 4.78 is 22.7. The van der Waals surface area contributed by atoms with Crippen LogP contribution >= 0.6 is 23.1 Å². The lowest BCUT2D eigenvalue weighted by atomic mass is 10.2. The topological polar surface area (TPSA) is 63.2 Å². The fourth-order valence-corrected chi connectivity index (χ4v) is 6.50. The summed E-state index contributed by atoms with van der Waals surface area (Å²) in [7, 11) is -2.86. The molecule has 0 aromatic carbocycles. The lowest BCUT2D eigenvalue weighted by Crippen LogP contribution is -2.29. The average molecular weight is 334 g/mol. The highest BCUT2D eigenvalue weighted by Crippen LogP contribution is 2.25. The number of sulfone groups is 1. The molecule has 1 aromatic heterocycles. The lowest BCUT2D eigenvalue weighted by molar-refractivity contribution is -0.119. The standard InChI is InChI=1S/C13H19NO3S3/c1-2-11(12-4-3-6-18-12)14-13(15)8-19-10-5-7-20(16,17)9-10/h3-4,6,10-11H,2,5,7-9H2,1H3,(H,14,15)/t10-,11+/m1/s1.